The van der Waals surface area contributed by atoms with E-state index in [1.54, 1.807) is 21.0 Å². The topological polar surface area (TPSA) is 55.8 Å². The van der Waals surface area contributed by atoms with Crippen LogP contribution >= 0.6 is 0 Å². The Morgan fingerprint density at radius 2 is 1.73 bits per heavy atom. The highest BCUT2D eigenvalue weighted by molar-refractivity contribution is 5.86. The summed E-state index contributed by atoms with van der Waals surface area (Å²) in [5, 5.41) is 0. The van der Waals surface area contributed by atoms with Crippen molar-refractivity contribution >= 4 is 12.1 Å². The van der Waals surface area contributed by atoms with E-state index < -0.39 is 12.1 Å². The van der Waals surface area contributed by atoms with Gasteiger partial charge in [0.25, 0.3) is 0 Å². The Hall–Kier alpha value is -1.52. The van der Waals surface area contributed by atoms with E-state index >= 15 is 0 Å². The monoisotopic (exact) mass is 215 g/mol. The highest BCUT2D eigenvalue weighted by Crippen LogP contribution is 1.94. The van der Waals surface area contributed by atoms with E-state index in [4.69, 9.17) is 9.47 Å². The number of carbonyl (C=O) groups is 2. The summed E-state index contributed by atoms with van der Waals surface area (Å²) < 4.78 is 9.62. The minimum atomic E-state index is -0.422. The Kier molecular flexibility index (Phi) is 6.17. The Morgan fingerprint density at radius 3 is 2.20 bits per heavy atom. The van der Waals surface area contributed by atoms with Crippen LogP contribution < -0.4 is 0 Å². The molecule has 0 fully saturated rings. The number of hydrogen-bond donors (Lipinski definition) is 0. The Bertz CT molecular complexity index is 248. The van der Waals surface area contributed by atoms with E-state index in [2.05, 4.69) is 6.58 Å². The van der Waals surface area contributed by atoms with Gasteiger partial charge in [0.05, 0.1) is 13.2 Å². The molecule has 5 nitrogen and oxygen atoms in total. The fourth-order valence-corrected chi connectivity index (χ4v) is 0.636. The van der Waals surface area contributed by atoms with Crippen molar-refractivity contribution < 1.29 is 19.1 Å². The van der Waals surface area contributed by atoms with Crippen LogP contribution in [0.4, 0.5) is 4.79 Å². The molecule has 0 aromatic rings. The number of nitrogens with zero attached hydrogens (tertiary/aromatic N) is 1. The Balaban J connectivity index is 3.44. The number of carbonyl (C=O) groups excluding carboxylic acids is 2. The summed E-state index contributed by atoms with van der Waals surface area (Å²) in [6.07, 6.45) is 0.0831. The molecule has 0 spiro atoms. The van der Waals surface area contributed by atoms with Gasteiger partial charge < -0.3 is 14.4 Å². The first-order valence-electron chi connectivity index (χ1n) is 4.62. The van der Waals surface area contributed by atoms with Gasteiger partial charge in [0, 0.05) is 26.1 Å². The maximum atomic E-state index is 10.9. The van der Waals surface area contributed by atoms with Gasteiger partial charge in [-0.3, -0.25) is 0 Å². The van der Waals surface area contributed by atoms with Gasteiger partial charge >= 0.3 is 12.1 Å². The van der Waals surface area contributed by atoms with Gasteiger partial charge in [-0.1, -0.05) is 6.58 Å². The molecular weight excluding hydrogens is 198 g/mol. The molecule has 0 aromatic heterocycles. The van der Waals surface area contributed by atoms with Crippen molar-refractivity contribution in [1.29, 1.82) is 0 Å². The fraction of sp³-hybridized carbons (Fsp3) is 0.600. The van der Waals surface area contributed by atoms with Crippen LogP contribution in [0.25, 0.3) is 0 Å². The van der Waals surface area contributed by atoms with E-state index in [-0.39, 0.29) is 13.2 Å². The molecule has 0 rings (SSSR count). The molecule has 0 saturated carbocycles. The highest BCUT2D eigenvalue weighted by Gasteiger charge is 2.05. The van der Waals surface area contributed by atoms with Gasteiger partial charge in [-0.05, 0) is 6.92 Å². The summed E-state index contributed by atoms with van der Waals surface area (Å²) in [5.41, 5.74) is 0.361. The van der Waals surface area contributed by atoms with Gasteiger partial charge in [-0.15, -0.1) is 0 Å². The van der Waals surface area contributed by atoms with Crippen molar-refractivity contribution in [3.63, 3.8) is 0 Å². The molecule has 0 heterocycles. The molecule has 0 radical (unpaired) electrons. The number of ether oxygens (including phenoxy) is 2. The smallest absolute Gasteiger partial charge is 0.409 e. The average molecular weight is 215 g/mol. The lowest BCUT2D eigenvalue weighted by Gasteiger charge is -2.10. The van der Waals surface area contributed by atoms with Crippen LogP contribution in [0, 0.1) is 0 Å². The van der Waals surface area contributed by atoms with Gasteiger partial charge in [-0.25, -0.2) is 9.59 Å². The summed E-state index contributed by atoms with van der Waals surface area (Å²) in [7, 11) is 3.20. The minimum absolute atomic E-state index is 0.229. The van der Waals surface area contributed by atoms with E-state index in [9.17, 15) is 9.59 Å². The molecule has 0 N–H and O–H groups in total. The van der Waals surface area contributed by atoms with Crippen LogP contribution in [0.2, 0.25) is 0 Å². The minimum Gasteiger partial charge on any atom is -0.462 e. The van der Waals surface area contributed by atoms with Crippen molar-refractivity contribution in [2.24, 2.45) is 0 Å². The molecule has 86 valence electrons. The molecule has 0 saturated heterocycles. The van der Waals surface area contributed by atoms with Crippen molar-refractivity contribution in [3.05, 3.63) is 12.2 Å². The molecule has 0 aliphatic heterocycles. The molecule has 0 aromatic carbocycles. The normalized spacial score (nSPS) is 9.27. The van der Waals surface area contributed by atoms with Gasteiger partial charge in [0.2, 0.25) is 0 Å². The maximum Gasteiger partial charge on any atom is 0.409 e. The number of hydrogen-bond acceptors (Lipinski definition) is 4. The second-order valence-electron chi connectivity index (χ2n) is 3.28. The standard InChI is InChI=1S/C10H17NO4/c1-8(2)9(12)14-6-5-7-15-10(13)11(3)4/h1,5-7H2,2-4H3. The number of esters is 1. The first-order valence-corrected chi connectivity index (χ1v) is 4.62. The third kappa shape index (κ3) is 6.54. The van der Waals surface area contributed by atoms with Crippen molar-refractivity contribution in [2.45, 2.75) is 13.3 Å². The lowest BCUT2D eigenvalue weighted by molar-refractivity contribution is -0.139. The van der Waals surface area contributed by atoms with Gasteiger partial charge in [0.1, 0.15) is 0 Å². The van der Waals surface area contributed by atoms with Crippen LogP contribution in [-0.4, -0.2) is 44.3 Å². The van der Waals surface area contributed by atoms with E-state index in [1.165, 1.54) is 4.90 Å². The summed E-state index contributed by atoms with van der Waals surface area (Å²) in [4.78, 5) is 23.2. The zero-order valence-electron chi connectivity index (χ0n) is 9.41. The molecule has 1 amide bonds. The van der Waals surface area contributed by atoms with Crippen LogP contribution in [0.15, 0.2) is 12.2 Å². The van der Waals surface area contributed by atoms with Crippen LogP contribution in [-0.2, 0) is 14.3 Å². The quantitative estimate of drug-likeness (QED) is 0.393. The van der Waals surface area contributed by atoms with Crippen LogP contribution in [0.5, 0.6) is 0 Å². The molecule has 0 aliphatic carbocycles. The summed E-state index contributed by atoms with van der Waals surface area (Å²) in [6.45, 7) is 5.48. The van der Waals surface area contributed by atoms with E-state index in [1.807, 2.05) is 0 Å². The zero-order valence-corrected chi connectivity index (χ0v) is 9.41. The van der Waals surface area contributed by atoms with Crippen molar-refractivity contribution in [2.75, 3.05) is 27.3 Å². The molecule has 5 heteroatoms. The Morgan fingerprint density at radius 1 is 1.20 bits per heavy atom. The average Bonchev–Trinajstić information content (AvgIpc) is 2.16. The van der Waals surface area contributed by atoms with Gasteiger partial charge in [-0.2, -0.15) is 0 Å². The SMILES string of the molecule is C=C(C)C(=O)OCCCOC(=O)N(C)C. The Labute approximate surface area is 89.6 Å². The number of amides is 1. The second kappa shape index (κ2) is 6.86. The molecule has 0 atom stereocenters. The van der Waals surface area contributed by atoms with Gasteiger partial charge in [0.15, 0.2) is 0 Å². The third-order valence-electron chi connectivity index (χ3n) is 1.46. The van der Waals surface area contributed by atoms with Crippen LogP contribution in [0.1, 0.15) is 13.3 Å². The predicted molar refractivity (Wildman–Crippen MR) is 55.4 cm³/mol. The highest BCUT2D eigenvalue weighted by atomic mass is 16.6. The number of rotatable bonds is 5. The zero-order chi connectivity index (χ0) is 11.8. The largest absolute Gasteiger partial charge is 0.462 e. The first-order chi connectivity index (χ1) is 6.95. The molecular formula is C10H17NO4. The molecule has 0 aliphatic rings. The molecule has 15 heavy (non-hydrogen) atoms. The lowest BCUT2D eigenvalue weighted by atomic mass is 10.4. The molecule has 0 unspecified atom stereocenters. The maximum absolute atomic E-state index is 10.9. The van der Waals surface area contributed by atoms with E-state index in [0.29, 0.717) is 12.0 Å². The second-order valence-corrected chi connectivity index (χ2v) is 3.28. The van der Waals surface area contributed by atoms with Crippen LogP contribution in [0.3, 0.4) is 0 Å². The summed E-state index contributed by atoms with van der Waals surface area (Å²) in [5.74, 6) is -0.422. The predicted octanol–water partition coefficient (Wildman–Crippen LogP) is 1.19. The summed E-state index contributed by atoms with van der Waals surface area (Å²) in [6, 6.07) is 0. The first kappa shape index (κ1) is 13.5. The summed E-state index contributed by atoms with van der Waals surface area (Å²) >= 11 is 0. The lowest BCUT2D eigenvalue weighted by Crippen LogP contribution is -2.23. The fourth-order valence-electron chi connectivity index (χ4n) is 0.636. The van der Waals surface area contributed by atoms with E-state index in [0.717, 1.165) is 0 Å². The molecule has 0 bridgehead atoms. The third-order valence-corrected chi connectivity index (χ3v) is 1.46. The van der Waals surface area contributed by atoms with Crippen molar-refractivity contribution in [1.82, 2.24) is 4.90 Å². The van der Waals surface area contributed by atoms with Crippen molar-refractivity contribution in [3.8, 4) is 0 Å².